The molecule has 0 aromatic carbocycles. The highest BCUT2D eigenvalue weighted by molar-refractivity contribution is 5.05. The van der Waals surface area contributed by atoms with Gasteiger partial charge in [-0.05, 0) is 32.7 Å². The van der Waals surface area contributed by atoms with Crippen molar-refractivity contribution in [3.63, 3.8) is 0 Å². The number of nitrogens with zero attached hydrogens (tertiary/aromatic N) is 1. The van der Waals surface area contributed by atoms with Gasteiger partial charge in [-0.3, -0.25) is 4.90 Å². The molecule has 0 aromatic rings. The van der Waals surface area contributed by atoms with Gasteiger partial charge < -0.3 is 10.1 Å². The molecule has 1 saturated heterocycles. The first-order valence-corrected chi connectivity index (χ1v) is 7.68. The third-order valence-electron chi connectivity index (χ3n) is 4.84. The lowest BCUT2D eigenvalue weighted by Crippen LogP contribution is -2.61. The van der Waals surface area contributed by atoms with Crippen LogP contribution in [0.4, 0.5) is 0 Å². The van der Waals surface area contributed by atoms with E-state index in [9.17, 15) is 0 Å². The van der Waals surface area contributed by atoms with E-state index in [1.54, 1.807) is 0 Å². The molecule has 18 heavy (non-hydrogen) atoms. The maximum Gasteiger partial charge on any atom is 0.0655 e. The topological polar surface area (TPSA) is 24.5 Å². The van der Waals surface area contributed by atoms with Gasteiger partial charge in [-0.1, -0.05) is 20.8 Å². The molecular formula is C15H30N2O. The Morgan fingerprint density at radius 2 is 2.11 bits per heavy atom. The van der Waals surface area contributed by atoms with Crippen LogP contribution in [0.5, 0.6) is 0 Å². The zero-order chi connectivity index (χ0) is 13.2. The molecule has 0 amide bonds. The minimum Gasteiger partial charge on any atom is -0.378 e. The Morgan fingerprint density at radius 3 is 2.72 bits per heavy atom. The first kappa shape index (κ1) is 14.3. The Hall–Kier alpha value is -0.120. The molecule has 1 heterocycles. The van der Waals surface area contributed by atoms with Crippen LogP contribution in [0.1, 0.15) is 47.0 Å². The van der Waals surface area contributed by atoms with Crippen LogP contribution in [0.15, 0.2) is 0 Å². The molecule has 1 aliphatic heterocycles. The van der Waals surface area contributed by atoms with E-state index in [1.165, 1.54) is 32.4 Å². The molecule has 3 nitrogen and oxygen atoms in total. The lowest BCUT2D eigenvalue weighted by molar-refractivity contribution is -0.146. The monoisotopic (exact) mass is 254 g/mol. The van der Waals surface area contributed by atoms with Gasteiger partial charge in [0.2, 0.25) is 0 Å². The Balaban J connectivity index is 1.80. The number of ether oxygens (including phenoxy) is 1. The summed E-state index contributed by atoms with van der Waals surface area (Å²) < 4.78 is 5.83. The van der Waals surface area contributed by atoms with E-state index in [2.05, 4.69) is 37.9 Å². The molecule has 0 spiro atoms. The highest BCUT2D eigenvalue weighted by atomic mass is 16.5. The first-order valence-electron chi connectivity index (χ1n) is 7.68. The van der Waals surface area contributed by atoms with Crippen LogP contribution >= 0.6 is 0 Å². The van der Waals surface area contributed by atoms with E-state index in [0.29, 0.717) is 17.6 Å². The van der Waals surface area contributed by atoms with Crippen molar-refractivity contribution in [1.29, 1.82) is 0 Å². The summed E-state index contributed by atoms with van der Waals surface area (Å²) in [6, 6.07) is 1.44. The summed E-state index contributed by atoms with van der Waals surface area (Å²) in [6.07, 6.45) is 4.24. The average molecular weight is 254 g/mol. The zero-order valence-corrected chi connectivity index (χ0v) is 12.5. The molecule has 0 bridgehead atoms. The number of nitrogens with one attached hydrogen (secondary N) is 1. The van der Waals surface area contributed by atoms with Crippen molar-refractivity contribution in [3.8, 4) is 0 Å². The molecule has 106 valence electrons. The maximum atomic E-state index is 5.83. The SMILES string of the molecule is CCCNC1CCN(C2CC(OCC)C2(C)C)C1. The number of rotatable bonds is 6. The second-order valence-corrected chi connectivity index (χ2v) is 6.45. The molecule has 1 aliphatic carbocycles. The summed E-state index contributed by atoms with van der Waals surface area (Å²) in [4.78, 5) is 2.68. The third kappa shape index (κ3) is 2.73. The van der Waals surface area contributed by atoms with Gasteiger partial charge in [0.05, 0.1) is 6.10 Å². The summed E-state index contributed by atoms with van der Waals surface area (Å²) in [5, 5.41) is 3.66. The molecule has 3 atom stereocenters. The van der Waals surface area contributed by atoms with Crippen LogP contribution in [0.2, 0.25) is 0 Å². The summed E-state index contributed by atoms with van der Waals surface area (Å²) in [5.41, 5.74) is 0.329. The highest BCUT2D eigenvalue weighted by Gasteiger charge is 2.52. The standard InChI is InChI=1S/C15H30N2O/c1-5-8-16-12-7-9-17(11-12)13-10-14(18-6-2)15(13,3)4/h12-14,16H,5-11H2,1-4H3. The van der Waals surface area contributed by atoms with Gasteiger partial charge in [-0.25, -0.2) is 0 Å². The van der Waals surface area contributed by atoms with Gasteiger partial charge in [-0.2, -0.15) is 0 Å². The smallest absolute Gasteiger partial charge is 0.0655 e. The van der Waals surface area contributed by atoms with E-state index in [4.69, 9.17) is 4.74 Å². The predicted octanol–water partition coefficient (Wildman–Crippen LogP) is 2.26. The summed E-state index contributed by atoms with van der Waals surface area (Å²) in [5.74, 6) is 0. The van der Waals surface area contributed by atoms with Crippen LogP contribution in [-0.4, -0.2) is 49.3 Å². The van der Waals surface area contributed by atoms with E-state index >= 15 is 0 Å². The van der Waals surface area contributed by atoms with Crippen molar-refractivity contribution in [2.24, 2.45) is 5.41 Å². The molecule has 3 heteroatoms. The fourth-order valence-electron chi connectivity index (χ4n) is 3.55. The van der Waals surface area contributed by atoms with E-state index in [0.717, 1.165) is 19.2 Å². The molecule has 1 N–H and O–H groups in total. The van der Waals surface area contributed by atoms with E-state index in [1.807, 2.05) is 0 Å². The molecule has 0 radical (unpaired) electrons. The van der Waals surface area contributed by atoms with Crippen LogP contribution in [0.3, 0.4) is 0 Å². The number of hydrogen-bond acceptors (Lipinski definition) is 3. The Bertz CT molecular complexity index is 267. The van der Waals surface area contributed by atoms with Gasteiger partial charge in [-0.15, -0.1) is 0 Å². The summed E-state index contributed by atoms with van der Waals surface area (Å²) in [6.45, 7) is 13.6. The van der Waals surface area contributed by atoms with Gasteiger partial charge in [0.1, 0.15) is 0 Å². The van der Waals surface area contributed by atoms with Crippen molar-refractivity contribution < 1.29 is 4.74 Å². The Labute approximate surface area is 112 Å². The molecule has 3 unspecified atom stereocenters. The lowest BCUT2D eigenvalue weighted by Gasteiger charge is -2.55. The quantitative estimate of drug-likeness (QED) is 0.787. The molecule has 2 aliphatic rings. The van der Waals surface area contributed by atoms with Crippen molar-refractivity contribution in [2.75, 3.05) is 26.2 Å². The van der Waals surface area contributed by atoms with Crippen molar-refractivity contribution in [1.82, 2.24) is 10.2 Å². The van der Waals surface area contributed by atoms with Gasteiger partial charge in [0, 0.05) is 37.2 Å². The third-order valence-corrected chi connectivity index (χ3v) is 4.84. The second kappa shape index (κ2) is 5.89. The molecule has 2 rings (SSSR count). The van der Waals surface area contributed by atoms with Crippen LogP contribution in [0.25, 0.3) is 0 Å². The van der Waals surface area contributed by atoms with E-state index in [-0.39, 0.29) is 0 Å². The molecule has 2 fully saturated rings. The number of hydrogen-bond donors (Lipinski definition) is 1. The van der Waals surface area contributed by atoms with Gasteiger partial charge >= 0.3 is 0 Å². The van der Waals surface area contributed by atoms with Gasteiger partial charge in [0.15, 0.2) is 0 Å². The first-order chi connectivity index (χ1) is 8.59. The number of likely N-dealkylation sites (tertiary alicyclic amines) is 1. The van der Waals surface area contributed by atoms with Gasteiger partial charge in [0.25, 0.3) is 0 Å². The highest BCUT2D eigenvalue weighted by Crippen LogP contribution is 2.46. The average Bonchev–Trinajstić information content (AvgIpc) is 2.79. The molecule has 1 saturated carbocycles. The van der Waals surface area contributed by atoms with Crippen LogP contribution in [-0.2, 0) is 4.74 Å². The second-order valence-electron chi connectivity index (χ2n) is 6.45. The zero-order valence-electron chi connectivity index (χ0n) is 12.5. The Morgan fingerprint density at radius 1 is 1.33 bits per heavy atom. The fraction of sp³-hybridized carbons (Fsp3) is 1.00. The lowest BCUT2D eigenvalue weighted by atomic mass is 9.64. The molecule has 0 aromatic heterocycles. The normalized spacial score (nSPS) is 35.7. The minimum absolute atomic E-state index is 0.329. The Kier molecular flexibility index (Phi) is 4.68. The minimum atomic E-state index is 0.329. The fourth-order valence-corrected chi connectivity index (χ4v) is 3.55. The van der Waals surface area contributed by atoms with Crippen molar-refractivity contribution >= 4 is 0 Å². The van der Waals surface area contributed by atoms with E-state index < -0.39 is 0 Å². The summed E-state index contributed by atoms with van der Waals surface area (Å²) >= 11 is 0. The van der Waals surface area contributed by atoms with Crippen molar-refractivity contribution in [3.05, 3.63) is 0 Å². The predicted molar refractivity (Wildman–Crippen MR) is 75.9 cm³/mol. The van der Waals surface area contributed by atoms with Crippen LogP contribution in [0, 0.1) is 5.41 Å². The maximum absolute atomic E-state index is 5.83. The van der Waals surface area contributed by atoms with Crippen molar-refractivity contribution in [2.45, 2.75) is 65.1 Å². The van der Waals surface area contributed by atoms with Crippen LogP contribution < -0.4 is 5.32 Å². The largest absolute Gasteiger partial charge is 0.378 e. The summed E-state index contributed by atoms with van der Waals surface area (Å²) in [7, 11) is 0. The molecular weight excluding hydrogens is 224 g/mol.